The van der Waals surface area contributed by atoms with Crippen molar-refractivity contribution in [3.63, 3.8) is 0 Å². The van der Waals surface area contributed by atoms with Gasteiger partial charge in [-0.2, -0.15) is 10.4 Å². The molecule has 0 aliphatic carbocycles. The van der Waals surface area contributed by atoms with Crippen molar-refractivity contribution in [1.82, 2.24) is 0 Å². The van der Waals surface area contributed by atoms with E-state index < -0.39 is 11.6 Å². The number of rotatable bonds is 3. The monoisotopic (exact) mass is 257 g/mol. The highest BCUT2D eigenvalue weighted by Gasteiger charge is 2.01. The first-order chi connectivity index (χ1) is 9.19. The number of benzene rings is 2. The molecule has 0 fully saturated rings. The summed E-state index contributed by atoms with van der Waals surface area (Å²) in [6, 6.07) is 11.9. The first kappa shape index (κ1) is 12.7. The Labute approximate surface area is 108 Å². The van der Waals surface area contributed by atoms with Crippen LogP contribution in [0.3, 0.4) is 0 Å². The molecule has 2 aromatic carbocycles. The summed E-state index contributed by atoms with van der Waals surface area (Å²) in [6.45, 7) is 0. The Hall–Kier alpha value is -2.74. The van der Waals surface area contributed by atoms with Gasteiger partial charge in [0.05, 0.1) is 23.5 Å². The third-order valence-electron chi connectivity index (χ3n) is 2.37. The summed E-state index contributed by atoms with van der Waals surface area (Å²) in [5.41, 5.74) is 3.88. The van der Waals surface area contributed by atoms with E-state index in [4.69, 9.17) is 5.26 Å². The molecule has 0 aliphatic heterocycles. The molecule has 0 heterocycles. The summed E-state index contributed by atoms with van der Waals surface area (Å²) >= 11 is 0. The molecule has 0 atom stereocenters. The van der Waals surface area contributed by atoms with Crippen molar-refractivity contribution in [3.8, 4) is 6.07 Å². The van der Waals surface area contributed by atoms with Gasteiger partial charge in [-0.15, -0.1) is 0 Å². The van der Waals surface area contributed by atoms with E-state index in [2.05, 4.69) is 10.5 Å². The highest BCUT2D eigenvalue weighted by molar-refractivity contribution is 5.80. The number of hydrogen-bond donors (Lipinski definition) is 1. The summed E-state index contributed by atoms with van der Waals surface area (Å²) < 4.78 is 25.9. The second kappa shape index (κ2) is 5.74. The third kappa shape index (κ3) is 3.36. The number of hydrazone groups is 1. The second-order valence-electron chi connectivity index (χ2n) is 3.73. The van der Waals surface area contributed by atoms with Crippen LogP contribution in [0.1, 0.15) is 11.1 Å². The molecule has 19 heavy (non-hydrogen) atoms. The van der Waals surface area contributed by atoms with Crippen LogP contribution in [0.15, 0.2) is 47.6 Å². The Morgan fingerprint density at radius 2 is 1.84 bits per heavy atom. The average molecular weight is 257 g/mol. The summed E-state index contributed by atoms with van der Waals surface area (Å²) in [5, 5.41) is 12.5. The van der Waals surface area contributed by atoms with Crippen molar-refractivity contribution in [2.24, 2.45) is 5.10 Å². The summed E-state index contributed by atoms with van der Waals surface area (Å²) in [5.74, 6) is -1.35. The number of anilines is 1. The van der Waals surface area contributed by atoms with Crippen LogP contribution in [0.5, 0.6) is 0 Å². The number of halogens is 2. The van der Waals surface area contributed by atoms with Crippen LogP contribution in [0.2, 0.25) is 0 Å². The molecule has 0 spiro atoms. The SMILES string of the molecule is N#Cc1ccc(/C=N/Nc2ccc(F)cc2F)cc1. The van der Waals surface area contributed by atoms with E-state index in [1.807, 2.05) is 6.07 Å². The van der Waals surface area contributed by atoms with Gasteiger partial charge in [0.1, 0.15) is 5.82 Å². The van der Waals surface area contributed by atoms with Crippen LogP contribution in [0.25, 0.3) is 0 Å². The predicted octanol–water partition coefficient (Wildman–Crippen LogP) is 3.28. The van der Waals surface area contributed by atoms with E-state index in [0.29, 0.717) is 5.56 Å². The van der Waals surface area contributed by atoms with Gasteiger partial charge in [-0.3, -0.25) is 5.43 Å². The normalized spacial score (nSPS) is 10.4. The third-order valence-corrected chi connectivity index (χ3v) is 2.37. The van der Waals surface area contributed by atoms with Crippen molar-refractivity contribution in [2.45, 2.75) is 0 Å². The zero-order chi connectivity index (χ0) is 13.7. The molecule has 0 unspecified atom stereocenters. The molecule has 0 saturated heterocycles. The molecule has 0 aliphatic rings. The van der Waals surface area contributed by atoms with Gasteiger partial charge in [0, 0.05) is 6.07 Å². The number of nitrogens with zero attached hydrogens (tertiary/aromatic N) is 2. The highest BCUT2D eigenvalue weighted by atomic mass is 19.1. The minimum atomic E-state index is -0.711. The smallest absolute Gasteiger partial charge is 0.151 e. The number of nitrogens with one attached hydrogen (secondary N) is 1. The summed E-state index contributed by atoms with van der Waals surface area (Å²) in [4.78, 5) is 0. The van der Waals surface area contributed by atoms with Gasteiger partial charge in [-0.25, -0.2) is 8.78 Å². The number of nitriles is 1. The van der Waals surface area contributed by atoms with E-state index in [1.54, 1.807) is 24.3 Å². The average Bonchev–Trinajstić information content (AvgIpc) is 2.42. The quantitative estimate of drug-likeness (QED) is 0.677. The van der Waals surface area contributed by atoms with E-state index >= 15 is 0 Å². The van der Waals surface area contributed by atoms with Crippen LogP contribution in [-0.2, 0) is 0 Å². The molecule has 0 aromatic heterocycles. The van der Waals surface area contributed by atoms with Crippen LogP contribution in [0, 0.1) is 23.0 Å². The van der Waals surface area contributed by atoms with Crippen molar-refractivity contribution in [2.75, 3.05) is 5.43 Å². The molecule has 5 heteroatoms. The molecule has 2 rings (SSSR count). The zero-order valence-corrected chi connectivity index (χ0v) is 9.77. The van der Waals surface area contributed by atoms with Crippen LogP contribution in [0.4, 0.5) is 14.5 Å². The van der Waals surface area contributed by atoms with Gasteiger partial charge in [-0.1, -0.05) is 12.1 Å². The molecule has 3 nitrogen and oxygen atoms in total. The van der Waals surface area contributed by atoms with Gasteiger partial charge in [-0.05, 0) is 29.8 Å². The first-order valence-corrected chi connectivity index (χ1v) is 5.43. The molecule has 0 radical (unpaired) electrons. The maximum atomic E-state index is 13.3. The lowest BCUT2D eigenvalue weighted by Gasteiger charge is -2.01. The minimum absolute atomic E-state index is 0.0892. The van der Waals surface area contributed by atoms with Crippen LogP contribution < -0.4 is 5.43 Å². The topological polar surface area (TPSA) is 48.2 Å². The second-order valence-corrected chi connectivity index (χ2v) is 3.73. The molecular formula is C14H9F2N3. The maximum Gasteiger partial charge on any atom is 0.151 e. The van der Waals surface area contributed by atoms with Gasteiger partial charge in [0.2, 0.25) is 0 Å². The lowest BCUT2D eigenvalue weighted by atomic mass is 10.2. The minimum Gasteiger partial charge on any atom is -0.276 e. The molecule has 0 amide bonds. The predicted molar refractivity (Wildman–Crippen MR) is 68.7 cm³/mol. The van der Waals surface area contributed by atoms with E-state index in [0.717, 1.165) is 17.7 Å². The van der Waals surface area contributed by atoms with Crippen LogP contribution in [-0.4, -0.2) is 6.21 Å². The Balaban J connectivity index is 2.05. The molecule has 0 saturated carbocycles. The Kier molecular flexibility index (Phi) is 3.84. The largest absolute Gasteiger partial charge is 0.276 e. The first-order valence-electron chi connectivity index (χ1n) is 5.43. The fourth-order valence-corrected chi connectivity index (χ4v) is 1.40. The Morgan fingerprint density at radius 1 is 1.11 bits per heavy atom. The highest BCUT2D eigenvalue weighted by Crippen LogP contribution is 2.14. The van der Waals surface area contributed by atoms with E-state index in [-0.39, 0.29) is 5.69 Å². The maximum absolute atomic E-state index is 13.3. The lowest BCUT2D eigenvalue weighted by Crippen LogP contribution is -1.94. The standard InChI is InChI=1S/C14H9F2N3/c15-12-5-6-14(13(16)7-12)19-18-9-11-3-1-10(8-17)2-4-11/h1-7,9,19H/b18-9+. The molecule has 0 bridgehead atoms. The van der Waals surface area contributed by atoms with Crippen molar-refractivity contribution < 1.29 is 8.78 Å². The Morgan fingerprint density at radius 3 is 2.47 bits per heavy atom. The lowest BCUT2D eigenvalue weighted by molar-refractivity contribution is 0.585. The van der Waals surface area contributed by atoms with Gasteiger partial charge in [0.25, 0.3) is 0 Å². The summed E-state index contributed by atoms with van der Waals surface area (Å²) in [6.07, 6.45) is 1.48. The van der Waals surface area contributed by atoms with Crippen molar-refractivity contribution in [3.05, 3.63) is 65.2 Å². The van der Waals surface area contributed by atoms with Crippen molar-refractivity contribution in [1.29, 1.82) is 5.26 Å². The summed E-state index contributed by atoms with van der Waals surface area (Å²) in [7, 11) is 0. The fraction of sp³-hybridized carbons (Fsp3) is 0. The van der Waals surface area contributed by atoms with Crippen LogP contribution >= 0.6 is 0 Å². The zero-order valence-electron chi connectivity index (χ0n) is 9.77. The van der Waals surface area contributed by atoms with E-state index in [9.17, 15) is 8.78 Å². The number of hydrogen-bond acceptors (Lipinski definition) is 3. The van der Waals surface area contributed by atoms with Gasteiger partial charge >= 0.3 is 0 Å². The van der Waals surface area contributed by atoms with Crippen molar-refractivity contribution >= 4 is 11.9 Å². The van der Waals surface area contributed by atoms with Gasteiger partial charge < -0.3 is 0 Å². The molecule has 94 valence electrons. The van der Waals surface area contributed by atoms with Gasteiger partial charge in [0.15, 0.2) is 5.82 Å². The molecule has 2 aromatic rings. The van der Waals surface area contributed by atoms with E-state index in [1.165, 1.54) is 12.3 Å². The Bertz CT molecular complexity index is 643. The molecular weight excluding hydrogens is 248 g/mol. The molecule has 1 N–H and O–H groups in total. The fourth-order valence-electron chi connectivity index (χ4n) is 1.40.